The first-order chi connectivity index (χ1) is 9.29. The molecule has 2 heterocycles. The van der Waals surface area contributed by atoms with Crippen LogP contribution in [0.5, 0.6) is 0 Å². The molecule has 1 N–H and O–H groups in total. The highest BCUT2D eigenvalue weighted by atomic mass is 16.3. The summed E-state index contributed by atoms with van der Waals surface area (Å²) in [5.74, 6) is 1.06. The zero-order valence-electron chi connectivity index (χ0n) is 12.3. The molecule has 2 rings (SSSR count). The maximum atomic E-state index is 5.47. The van der Waals surface area contributed by atoms with Crippen LogP contribution in [0.2, 0.25) is 0 Å². The van der Waals surface area contributed by atoms with Gasteiger partial charge in [0.15, 0.2) is 0 Å². The number of likely N-dealkylation sites (N-methyl/N-ethyl adjacent to an activating group) is 1. The van der Waals surface area contributed by atoms with Gasteiger partial charge in [0, 0.05) is 26.2 Å². The molecule has 19 heavy (non-hydrogen) atoms. The highest BCUT2D eigenvalue weighted by molar-refractivity contribution is 5.03. The van der Waals surface area contributed by atoms with Crippen LogP contribution < -0.4 is 5.32 Å². The van der Waals surface area contributed by atoms with E-state index < -0.39 is 0 Å². The van der Waals surface area contributed by atoms with E-state index in [2.05, 4.69) is 35.2 Å². The fourth-order valence-corrected chi connectivity index (χ4v) is 2.59. The van der Waals surface area contributed by atoms with Gasteiger partial charge in [-0.1, -0.05) is 6.92 Å². The monoisotopic (exact) mass is 265 g/mol. The summed E-state index contributed by atoms with van der Waals surface area (Å²) in [6.07, 6.45) is 4.03. The molecule has 0 bridgehead atoms. The van der Waals surface area contributed by atoms with Gasteiger partial charge in [0.25, 0.3) is 0 Å². The Morgan fingerprint density at radius 3 is 2.74 bits per heavy atom. The molecule has 4 heteroatoms. The number of nitrogens with zero attached hydrogens (tertiary/aromatic N) is 2. The fraction of sp³-hybridized carbons (Fsp3) is 0.733. The quantitative estimate of drug-likeness (QED) is 0.764. The topological polar surface area (TPSA) is 31.6 Å². The van der Waals surface area contributed by atoms with E-state index in [9.17, 15) is 0 Å². The van der Waals surface area contributed by atoms with Gasteiger partial charge in [0.2, 0.25) is 0 Å². The van der Waals surface area contributed by atoms with Crippen LogP contribution in [0.4, 0.5) is 0 Å². The van der Waals surface area contributed by atoms with Gasteiger partial charge in [-0.15, -0.1) is 0 Å². The Morgan fingerprint density at radius 1 is 1.32 bits per heavy atom. The molecule has 0 spiro atoms. The maximum Gasteiger partial charge on any atom is 0.120 e. The molecule has 1 aromatic heterocycles. The number of hydrogen-bond donors (Lipinski definition) is 1. The minimum atomic E-state index is 0.363. The number of hydrogen-bond acceptors (Lipinski definition) is 4. The number of nitrogens with one attached hydrogen (secondary N) is 1. The van der Waals surface area contributed by atoms with E-state index in [-0.39, 0.29) is 0 Å². The first kappa shape index (κ1) is 14.6. The van der Waals surface area contributed by atoms with Gasteiger partial charge in [0.05, 0.1) is 12.3 Å². The normalized spacial score (nSPS) is 19.7. The van der Waals surface area contributed by atoms with E-state index in [1.165, 1.54) is 39.1 Å². The van der Waals surface area contributed by atoms with Gasteiger partial charge in [-0.25, -0.2) is 0 Å². The Bertz CT molecular complexity index is 331. The van der Waals surface area contributed by atoms with E-state index in [1.807, 2.05) is 6.07 Å². The summed E-state index contributed by atoms with van der Waals surface area (Å²) in [7, 11) is 2.20. The summed E-state index contributed by atoms with van der Waals surface area (Å²) in [5, 5.41) is 3.59. The highest BCUT2D eigenvalue weighted by Crippen LogP contribution is 2.16. The molecule has 1 aliphatic heterocycles. The minimum absolute atomic E-state index is 0.363. The molecule has 1 saturated heterocycles. The third kappa shape index (κ3) is 4.64. The van der Waals surface area contributed by atoms with E-state index in [0.717, 1.165) is 18.7 Å². The maximum absolute atomic E-state index is 5.47. The molecule has 4 nitrogen and oxygen atoms in total. The second-order valence-corrected chi connectivity index (χ2v) is 5.43. The summed E-state index contributed by atoms with van der Waals surface area (Å²) in [5.41, 5.74) is 0. The van der Waals surface area contributed by atoms with E-state index >= 15 is 0 Å². The standard InChI is InChI=1S/C15H27N3O/c1-3-14(15-6-4-13-19-15)16-7-5-8-18-11-9-17(2)10-12-18/h4,6,13-14,16H,3,5,7-12H2,1-2H3. The molecule has 0 aromatic carbocycles. The van der Waals surface area contributed by atoms with Crippen LogP contribution in [0, 0.1) is 0 Å². The molecule has 1 aliphatic rings. The third-order valence-electron chi connectivity index (χ3n) is 3.93. The minimum Gasteiger partial charge on any atom is -0.468 e. The number of furan rings is 1. The Kier molecular flexibility index (Phi) is 5.89. The van der Waals surface area contributed by atoms with Crippen molar-refractivity contribution < 1.29 is 4.42 Å². The molecule has 108 valence electrons. The first-order valence-corrected chi connectivity index (χ1v) is 7.47. The Balaban J connectivity index is 1.61. The van der Waals surface area contributed by atoms with Crippen LogP contribution in [0.3, 0.4) is 0 Å². The number of rotatable bonds is 7. The predicted octanol–water partition coefficient (Wildman–Crippen LogP) is 1.96. The molecule has 1 unspecified atom stereocenters. The van der Waals surface area contributed by atoms with Crippen molar-refractivity contribution in [3.63, 3.8) is 0 Å². The average molecular weight is 265 g/mol. The van der Waals surface area contributed by atoms with Crippen molar-refractivity contribution in [2.45, 2.75) is 25.8 Å². The lowest BCUT2D eigenvalue weighted by Crippen LogP contribution is -2.45. The van der Waals surface area contributed by atoms with Crippen molar-refractivity contribution in [1.29, 1.82) is 0 Å². The first-order valence-electron chi connectivity index (χ1n) is 7.47. The second kappa shape index (κ2) is 7.68. The Labute approximate surface area is 116 Å². The van der Waals surface area contributed by atoms with E-state index in [4.69, 9.17) is 4.42 Å². The summed E-state index contributed by atoms with van der Waals surface area (Å²) < 4.78 is 5.47. The Hall–Kier alpha value is -0.840. The smallest absolute Gasteiger partial charge is 0.120 e. The molecule has 1 fully saturated rings. The summed E-state index contributed by atoms with van der Waals surface area (Å²) >= 11 is 0. The van der Waals surface area contributed by atoms with Crippen molar-refractivity contribution in [2.24, 2.45) is 0 Å². The van der Waals surface area contributed by atoms with Crippen LogP contribution in [0.1, 0.15) is 31.6 Å². The van der Waals surface area contributed by atoms with Crippen LogP contribution in [-0.2, 0) is 0 Å². The molecular formula is C15H27N3O. The lowest BCUT2D eigenvalue weighted by molar-refractivity contribution is 0.152. The van der Waals surface area contributed by atoms with Gasteiger partial charge in [-0.05, 0) is 45.1 Å². The predicted molar refractivity (Wildman–Crippen MR) is 78.3 cm³/mol. The van der Waals surface area contributed by atoms with Crippen molar-refractivity contribution >= 4 is 0 Å². The van der Waals surface area contributed by atoms with Crippen molar-refractivity contribution in [2.75, 3.05) is 46.3 Å². The molecule has 1 aromatic rings. The molecule has 0 aliphatic carbocycles. The largest absolute Gasteiger partial charge is 0.468 e. The molecule has 1 atom stereocenters. The highest BCUT2D eigenvalue weighted by Gasteiger charge is 2.14. The number of piperazine rings is 1. The third-order valence-corrected chi connectivity index (χ3v) is 3.93. The van der Waals surface area contributed by atoms with E-state index in [1.54, 1.807) is 6.26 Å². The summed E-state index contributed by atoms with van der Waals surface area (Å²) in [6, 6.07) is 4.38. The lowest BCUT2D eigenvalue weighted by Gasteiger charge is -2.32. The molecule has 0 amide bonds. The van der Waals surface area contributed by atoms with Gasteiger partial charge in [-0.3, -0.25) is 0 Å². The zero-order chi connectivity index (χ0) is 13.5. The summed E-state index contributed by atoms with van der Waals surface area (Å²) in [4.78, 5) is 4.97. The zero-order valence-corrected chi connectivity index (χ0v) is 12.3. The van der Waals surface area contributed by atoms with Crippen molar-refractivity contribution in [3.05, 3.63) is 24.2 Å². The molecule has 0 radical (unpaired) electrons. The molecular weight excluding hydrogens is 238 g/mol. The van der Waals surface area contributed by atoms with Gasteiger partial charge < -0.3 is 19.5 Å². The SMILES string of the molecule is CCC(NCCCN1CCN(C)CC1)c1ccco1. The molecule has 0 saturated carbocycles. The van der Waals surface area contributed by atoms with Crippen LogP contribution in [0.25, 0.3) is 0 Å². The van der Waals surface area contributed by atoms with Crippen LogP contribution in [-0.4, -0.2) is 56.1 Å². The van der Waals surface area contributed by atoms with Gasteiger partial charge >= 0.3 is 0 Å². The van der Waals surface area contributed by atoms with Crippen molar-refractivity contribution in [3.8, 4) is 0 Å². The lowest BCUT2D eigenvalue weighted by atomic mass is 10.1. The van der Waals surface area contributed by atoms with Crippen LogP contribution >= 0.6 is 0 Å². The van der Waals surface area contributed by atoms with Gasteiger partial charge in [-0.2, -0.15) is 0 Å². The van der Waals surface area contributed by atoms with Gasteiger partial charge in [0.1, 0.15) is 5.76 Å². The fourth-order valence-electron chi connectivity index (χ4n) is 2.59. The van der Waals surface area contributed by atoms with E-state index in [0.29, 0.717) is 6.04 Å². The Morgan fingerprint density at radius 2 is 2.11 bits per heavy atom. The average Bonchev–Trinajstić information content (AvgIpc) is 2.95. The second-order valence-electron chi connectivity index (χ2n) is 5.43. The van der Waals surface area contributed by atoms with Crippen LogP contribution in [0.15, 0.2) is 22.8 Å². The summed E-state index contributed by atoms with van der Waals surface area (Å²) in [6.45, 7) is 9.30. The van der Waals surface area contributed by atoms with Crippen molar-refractivity contribution in [1.82, 2.24) is 15.1 Å².